The minimum absolute atomic E-state index is 0.432. The molecule has 0 spiro atoms. The summed E-state index contributed by atoms with van der Waals surface area (Å²) in [6.45, 7) is 0. The number of rotatable bonds is 3. The monoisotopic (exact) mass is 293 g/mol. The SMILES string of the molecule is CN(C)C(=O)OC(c1ccccc1)c1ncc(Cl)n1C. The molecule has 1 atom stereocenters. The van der Waals surface area contributed by atoms with Crippen molar-refractivity contribution in [2.24, 2.45) is 7.05 Å². The average molecular weight is 294 g/mol. The van der Waals surface area contributed by atoms with Crippen LogP contribution in [0, 0.1) is 0 Å². The third-order valence-corrected chi connectivity index (χ3v) is 3.24. The molecule has 0 bridgehead atoms. The Hall–Kier alpha value is -2.01. The maximum absolute atomic E-state index is 11.9. The van der Waals surface area contributed by atoms with Gasteiger partial charge in [-0.2, -0.15) is 0 Å². The van der Waals surface area contributed by atoms with E-state index < -0.39 is 12.2 Å². The Labute approximate surface area is 122 Å². The fourth-order valence-corrected chi connectivity index (χ4v) is 1.88. The molecule has 20 heavy (non-hydrogen) atoms. The summed E-state index contributed by atoms with van der Waals surface area (Å²) in [5.41, 5.74) is 0.841. The summed E-state index contributed by atoms with van der Waals surface area (Å²) in [5, 5.41) is 0.488. The Bertz CT molecular complexity index is 596. The zero-order valence-corrected chi connectivity index (χ0v) is 12.3. The van der Waals surface area contributed by atoms with Crippen molar-refractivity contribution < 1.29 is 9.53 Å². The predicted molar refractivity (Wildman–Crippen MR) is 76.7 cm³/mol. The molecule has 1 aromatic heterocycles. The van der Waals surface area contributed by atoms with Gasteiger partial charge in [-0.15, -0.1) is 0 Å². The topological polar surface area (TPSA) is 47.4 Å². The van der Waals surface area contributed by atoms with Gasteiger partial charge in [-0.25, -0.2) is 9.78 Å². The van der Waals surface area contributed by atoms with Crippen LogP contribution in [0.3, 0.4) is 0 Å². The number of hydrogen-bond donors (Lipinski definition) is 0. The minimum Gasteiger partial charge on any atom is -0.433 e. The van der Waals surface area contributed by atoms with Gasteiger partial charge in [-0.05, 0) is 0 Å². The second kappa shape index (κ2) is 5.96. The number of nitrogens with zero attached hydrogens (tertiary/aromatic N) is 3. The quantitative estimate of drug-likeness (QED) is 0.874. The molecule has 1 aromatic carbocycles. The lowest BCUT2D eigenvalue weighted by Gasteiger charge is -2.20. The molecule has 0 radical (unpaired) electrons. The Balaban J connectivity index is 2.39. The van der Waals surface area contributed by atoms with Crippen LogP contribution < -0.4 is 0 Å². The lowest BCUT2D eigenvalue weighted by Crippen LogP contribution is -2.26. The first-order chi connectivity index (χ1) is 9.50. The molecule has 0 aliphatic heterocycles. The molecule has 5 nitrogen and oxygen atoms in total. The number of aromatic nitrogens is 2. The van der Waals surface area contributed by atoms with Crippen molar-refractivity contribution in [1.29, 1.82) is 0 Å². The molecular formula is C14H16ClN3O2. The molecule has 6 heteroatoms. The molecule has 0 N–H and O–H groups in total. The van der Waals surface area contributed by atoms with Crippen molar-refractivity contribution in [3.05, 3.63) is 53.1 Å². The van der Waals surface area contributed by atoms with Crippen LogP contribution in [0.2, 0.25) is 5.15 Å². The highest BCUT2D eigenvalue weighted by Crippen LogP contribution is 2.27. The Kier molecular flexibility index (Phi) is 4.29. The molecule has 1 heterocycles. The highest BCUT2D eigenvalue weighted by Gasteiger charge is 2.24. The van der Waals surface area contributed by atoms with Gasteiger partial charge >= 0.3 is 6.09 Å². The summed E-state index contributed by atoms with van der Waals surface area (Å²) in [7, 11) is 5.05. The maximum Gasteiger partial charge on any atom is 0.410 e. The fraction of sp³-hybridized carbons (Fsp3) is 0.286. The molecule has 2 aromatic rings. The average Bonchev–Trinajstić information content (AvgIpc) is 2.77. The van der Waals surface area contributed by atoms with Gasteiger partial charge < -0.3 is 14.2 Å². The van der Waals surface area contributed by atoms with E-state index >= 15 is 0 Å². The number of imidazole rings is 1. The number of amides is 1. The van der Waals surface area contributed by atoms with Gasteiger partial charge in [0, 0.05) is 26.7 Å². The van der Waals surface area contributed by atoms with E-state index in [0.717, 1.165) is 5.56 Å². The van der Waals surface area contributed by atoms with Crippen molar-refractivity contribution >= 4 is 17.7 Å². The van der Waals surface area contributed by atoms with Gasteiger partial charge in [0.25, 0.3) is 0 Å². The van der Waals surface area contributed by atoms with Crippen molar-refractivity contribution in [2.45, 2.75) is 6.10 Å². The molecule has 0 aliphatic carbocycles. The standard InChI is InChI=1S/C14H16ClN3O2/c1-17(2)14(19)20-12(10-7-5-4-6-8-10)13-16-9-11(15)18(13)3/h4-9,12H,1-3H3. The van der Waals surface area contributed by atoms with Gasteiger partial charge in [0.05, 0.1) is 6.20 Å². The van der Waals surface area contributed by atoms with Crippen LogP contribution in [0.25, 0.3) is 0 Å². The normalized spacial score (nSPS) is 12.0. The first-order valence-electron chi connectivity index (χ1n) is 6.10. The molecule has 1 unspecified atom stereocenters. The molecular weight excluding hydrogens is 278 g/mol. The second-order valence-corrected chi connectivity index (χ2v) is 4.95. The fourth-order valence-electron chi connectivity index (χ4n) is 1.75. The lowest BCUT2D eigenvalue weighted by atomic mass is 10.1. The van der Waals surface area contributed by atoms with Crippen molar-refractivity contribution in [2.75, 3.05) is 14.1 Å². The molecule has 0 saturated carbocycles. The lowest BCUT2D eigenvalue weighted by molar-refractivity contribution is 0.0864. The van der Waals surface area contributed by atoms with Crippen LogP contribution in [0.4, 0.5) is 4.79 Å². The van der Waals surface area contributed by atoms with E-state index in [1.807, 2.05) is 30.3 Å². The summed E-state index contributed by atoms with van der Waals surface area (Å²) in [5.74, 6) is 0.580. The van der Waals surface area contributed by atoms with E-state index in [1.54, 1.807) is 25.7 Å². The smallest absolute Gasteiger partial charge is 0.410 e. The minimum atomic E-state index is -0.594. The van der Waals surface area contributed by atoms with Crippen molar-refractivity contribution in [1.82, 2.24) is 14.5 Å². The second-order valence-electron chi connectivity index (χ2n) is 4.57. The Morgan fingerprint density at radius 1 is 1.35 bits per heavy atom. The van der Waals surface area contributed by atoms with E-state index in [4.69, 9.17) is 16.3 Å². The first kappa shape index (κ1) is 14.4. The maximum atomic E-state index is 11.9. The van der Waals surface area contributed by atoms with Gasteiger partial charge in [-0.3, -0.25) is 0 Å². The van der Waals surface area contributed by atoms with Gasteiger partial charge in [0.1, 0.15) is 5.15 Å². The highest BCUT2D eigenvalue weighted by molar-refractivity contribution is 6.29. The van der Waals surface area contributed by atoms with Crippen LogP contribution in [0.15, 0.2) is 36.5 Å². The molecule has 1 amide bonds. The van der Waals surface area contributed by atoms with Crippen LogP contribution in [-0.2, 0) is 11.8 Å². The third-order valence-electron chi connectivity index (χ3n) is 2.89. The zero-order chi connectivity index (χ0) is 14.7. The summed E-state index contributed by atoms with van der Waals surface area (Å²) >= 11 is 6.01. The van der Waals surface area contributed by atoms with Crippen molar-refractivity contribution in [3.63, 3.8) is 0 Å². The van der Waals surface area contributed by atoms with E-state index in [2.05, 4.69) is 4.98 Å². The summed E-state index contributed by atoms with van der Waals surface area (Å²) in [6, 6.07) is 9.44. The Morgan fingerprint density at radius 2 is 2.00 bits per heavy atom. The van der Waals surface area contributed by atoms with Crippen LogP contribution in [-0.4, -0.2) is 34.6 Å². The van der Waals surface area contributed by atoms with Gasteiger partial charge in [0.15, 0.2) is 11.9 Å². The molecule has 0 saturated heterocycles. The zero-order valence-electron chi connectivity index (χ0n) is 11.6. The highest BCUT2D eigenvalue weighted by atomic mass is 35.5. The van der Waals surface area contributed by atoms with Crippen LogP contribution in [0.5, 0.6) is 0 Å². The summed E-state index contributed by atoms with van der Waals surface area (Å²) in [4.78, 5) is 17.5. The molecule has 0 aliphatic rings. The molecule has 106 valence electrons. The van der Waals surface area contributed by atoms with Crippen LogP contribution in [0.1, 0.15) is 17.5 Å². The number of benzene rings is 1. The van der Waals surface area contributed by atoms with E-state index in [9.17, 15) is 4.79 Å². The summed E-state index contributed by atoms with van der Waals surface area (Å²) in [6.07, 6.45) is 0.512. The van der Waals surface area contributed by atoms with Gasteiger partial charge in [0.2, 0.25) is 0 Å². The third kappa shape index (κ3) is 2.93. The van der Waals surface area contributed by atoms with E-state index in [-0.39, 0.29) is 0 Å². The first-order valence-corrected chi connectivity index (χ1v) is 6.48. The van der Waals surface area contributed by atoms with Crippen LogP contribution >= 0.6 is 11.6 Å². The van der Waals surface area contributed by atoms with Crippen molar-refractivity contribution in [3.8, 4) is 0 Å². The molecule has 0 fully saturated rings. The number of ether oxygens (including phenoxy) is 1. The molecule has 2 rings (SSSR count). The summed E-state index contributed by atoms with van der Waals surface area (Å²) < 4.78 is 7.22. The number of hydrogen-bond acceptors (Lipinski definition) is 3. The number of carbonyl (C=O) groups is 1. The van der Waals surface area contributed by atoms with E-state index in [1.165, 1.54) is 11.1 Å². The predicted octanol–water partition coefficient (Wildman–Crippen LogP) is 2.86. The number of halogens is 1. The van der Waals surface area contributed by atoms with Gasteiger partial charge in [-0.1, -0.05) is 41.9 Å². The largest absolute Gasteiger partial charge is 0.433 e. The Morgan fingerprint density at radius 3 is 2.50 bits per heavy atom. The number of carbonyl (C=O) groups excluding carboxylic acids is 1. The van der Waals surface area contributed by atoms with E-state index in [0.29, 0.717) is 11.0 Å².